The van der Waals surface area contributed by atoms with E-state index < -0.39 is 5.97 Å². The highest BCUT2D eigenvalue weighted by atomic mass is 16.6. The van der Waals surface area contributed by atoms with E-state index >= 15 is 0 Å². The number of ether oxygens (including phenoxy) is 2. The summed E-state index contributed by atoms with van der Waals surface area (Å²) in [5.41, 5.74) is 0. The van der Waals surface area contributed by atoms with Gasteiger partial charge in [-0.15, -0.1) is 0 Å². The highest BCUT2D eigenvalue weighted by molar-refractivity contribution is 5.82. The van der Waals surface area contributed by atoms with Gasteiger partial charge in [-0.05, 0) is 25.1 Å². The Hall–Kier alpha value is -2.28. The molecule has 1 aromatic carbocycles. The number of carbonyl (C=O) groups is 2. The average molecular weight is 322 g/mol. The zero-order chi connectivity index (χ0) is 16.7. The van der Waals surface area contributed by atoms with Crippen LogP contribution in [0.1, 0.15) is 13.3 Å². The Bertz CT molecular complexity index is 549. The van der Waals surface area contributed by atoms with Crippen LogP contribution in [0.25, 0.3) is 0 Å². The van der Waals surface area contributed by atoms with Gasteiger partial charge in [0, 0.05) is 6.54 Å². The van der Waals surface area contributed by atoms with Crippen LogP contribution in [0.5, 0.6) is 11.5 Å². The average Bonchev–Trinajstić information content (AvgIpc) is 2.53. The maximum absolute atomic E-state index is 11.8. The van der Waals surface area contributed by atoms with Gasteiger partial charge in [-0.25, -0.2) is 0 Å². The molecule has 2 rings (SSSR count). The molecule has 1 atom stereocenters. The molecule has 0 fully saturated rings. The van der Waals surface area contributed by atoms with Gasteiger partial charge in [0.15, 0.2) is 11.5 Å². The summed E-state index contributed by atoms with van der Waals surface area (Å²) in [4.78, 5) is 24.2. The number of nitrogens with zero attached hydrogens (tertiary/aromatic N) is 1. The highest BCUT2D eigenvalue weighted by Gasteiger charge is 2.23. The lowest BCUT2D eigenvalue weighted by Gasteiger charge is -2.30. The molecular formula is C16H22N2O5. The third-order valence-electron chi connectivity index (χ3n) is 3.37. The van der Waals surface area contributed by atoms with Crippen molar-refractivity contribution in [2.24, 2.45) is 0 Å². The van der Waals surface area contributed by atoms with Crippen molar-refractivity contribution in [3.63, 3.8) is 0 Å². The first-order valence-electron chi connectivity index (χ1n) is 7.67. The van der Waals surface area contributed by atoms with E-state index in [1.54, 1.807) is 0 Å². The summed E-state index contributed by atoms with van der Waals surface area (Å²) in [6.45, 7) is 3.49. The molecule has 0 aliphatic carbocycles. The number of rotatable bonds is 8. The molecule has 2 N–H and O–H groups in total. The molecule has 1 heterocycles. The van der Waals surface area contributed by atoms with Crippen LogP contribution >= 0.6 is 0 Å². The Labute approximate surface area is 135 Å². The van der Waals surface area contributed by atoms with E-state index in [4.69, 9.17) is 14.6 Å². The first-order chi connectivity index (χ1) is 11.1. The summed E-state index contributed by atoms with van der Waals surface area (Å²) < 4.78 is 11.6. The van der Waals surface area contributed by atoms with E-state index in [-0.39, 0.29) is 25.1 Å². The molecule has 126 valence electrons. The summed E-state index contributed by atoms with van der Waals surface area (Å²) in [5, 5.41) is 11.0. The van der Waals surface area contributed by atoms with Crippen LogP contribution in [-0.2, 0) is 9.59 Å². The van der Waals surface area contributed by atoms with Gasteiger partial charge >= 0.3 is 5.97 Å². The van der Waals surface area contributed by atoms with Gasteiger partial charge in [0.2, 0.25) is 5.91 Å². The van der Waals surface area contributed by atoms with Crippen molar-refractivity contribution in [1.82, 2.24) is 10.2 Å². The summed E-state index contributed by atoms with van der Waals surface area (Å²) in [5.74, 6) is 0.0690. The van der Waals surface area contributed by atoms with Crippen LogP contribution in [0.2, 0.25) is 0 Å². The molecule has 0 aromatic heterocycles. The van der Waals surface area contributed by atoms with Crippen molar-refractivity contribution < 1.29 is 24.2 Å². The predicted molar refractivity (Wildman–Crippen MR) is 83.7 cm³/mol. The van der Waals surface area contributed by atoms with Gasteiger partial charge in [-0.1, -0.05) is 19.1 Å². The van der Waals surface area contributed by atoms with E-state index in [1.165, 1.54) is 0 Å². The number of carbonyl (C=O) groups excluding carboxylic acids is 1. The zero-order valence-corrected chi connectivity index (χ0v) is 13.2. The van der Waals surface area contributed by atoms with Crippen molar-refractivity contribution >= 4 is 11.9 Å². The Morgan fingerprint density at radius 2 is 2.09 bits per heavy atom. The third-order valence-corrected chi connectivity index (χ3v) is 3.37. The van der Waals surface area contributed by atoms with E-state index in [0.29, 0.717) is 18.9 Å². The van der Waals surface area contributed by atoms with Crippen LogP contribution in [0.4, 0.5) is 0 Å². The number of benzene rings is 1. The smallest absolute Gasteiger partial charge is 0.322 e. The molecule has 0 saturated heterocycles. The Balaban J connectivity index is 1.87. The van der Waals surface area contributed by atoms with Crippen molar-refractivity contribution in [1.29, 1.82) is 0 Å². The van der Waals surface area contributed by atoms with Crippen LogP contribution in [0, 0.1) is 0 Å². The number of para-hydroxylation sites is 2. The number of amides is 1. The molecule has 23 heavy (non-hydrogen) atoms. The molecule has 1 aromatic rings. The first-order valence-corrected chi connectivity index (χ1v) is 7.67. The van der Waals surface area contributed by atoms with Gasteiger partial charge in [0.05, 0.1) is 6.54 Å². The van der Waals surface area contributed by atoms with E-state index in [0.717, 1.165) is 18.7 Å². The van der Waals surface area contributed by atoms with Gasteiger partial charge in [-0.3, -0.25) is 14.5 Å². The second-order valence-corrected chi connectivity index (χ2v) is 5.40. The van der Waals surface area contributed by atoms with Crippen LogP contribution in [0.3, 0.4) is 0 Å². The second kappa shape index (κ2) is 8.38. The molecule has 1 aliphatic heterocycles. The van der Waals surface area contributed by atoms with Gasteiger partial charge in [-0.2, -0.15) is 0 Å². The fourth-order valence-electron chi connectivity index (χ4n) is 2.43. The lowest BCUT2D eigenvalue weighted by Crippen LogP contribution is -2.46. The fourth-order valence-corrected chi connectivity index (χ4v) is 2.43. The van der Waals surface area contributed by atoms with Crippen LogP contribution < -0.4 is 14.8 Å². The minimum Gasteiger partial charge on any atom is -0.486 e. The summed E-state index contributed by atoms with van der Waals surface area (Å²) in [7, 11) is 0. The van der Waals surface area contributed by atoms with Gasteiger partial charge in [0.25, 0.3) is 0 Å². The number of carboxylic acid groups (broad SMARTS) is 1. The number of aliphatic carboxylic acids is 1. The molecule has 0 radical (unpaired) electrons. The molecule has 1 unspecified atom stereocenters. The maximum atomic E-state index is 11.8. The lowest BCUT2D eigenvalue weighted by molar-refractivity contribution is -0.138. The zero-order valence-electron chi connectivity index (χ0n) is 13.2. The fraction of sp³-hybridized carbons (Fsp3) is 0.500. The SMILES string of the molecule is CCCN(CC(=O)NCC(=O)O)CC1COc2ccccc2O1. The molecule has 1 aliphatic rings. The highest BCUT2D eigenvalue weighted by Crippen LogP contribution is 2.30. The van der Waals surface area contributed by atoms with Crippen molar-refractivity contribution in [2.75, 3.05) is 32.8 Å². The normalized spacial score (nSPS) is 16.2. The monoisotopic (exact) mass is 322 g/mol. The molecular weight excluding hydrogens is 300 g/mol. The number of nitrogens with one attached hydrogen (secondary N) is 1. The summed E-state index contributed by atoms with van der Waals surface area (Å²) >= 11 is 0. The summed E-state index contributed by atoms with van der Waals surface area (Å²) in [6, 6.07) is 7.48. The topological polar surface area (TPSA) is 88.1 Å². The van der Waals surface area contributed by atoms with Crippen molar-refractivity contribution in [2.45, 2.75) is 19.4 Å². The third kappa shape index (κ3) is 5.45. The van der Waals surface area contributed by atoms with E-state index in [9.17, 15) is 9.59 Å². The molecule has 0 spiro atoms. The number of fused-ring (bicyclic) bond motifs is 1. The van der Waals surface area contributed by atoms with Gasteiger partial charge in [0.1, 0.15) is 19.3 Å². The standard InChI is InChI=1S/C16H22N2O5/c1-2-7-18(10-15(19)17-8-16(20)21)9-12-11-22-13-5-3-4-6-14(13)23-12/h3-6,12H,2,7-11H2,1H3,(H,17,19)(H,20,21). The van der Waals surface area contributed by atoms with Crippen LogP contribution in [0.15, 0.2) is 24.3 Å². The second-order valence-electron chi connectivity index (χ2n) is 5.40. The minimum atomic E-state index is -1.05. The predicted octanol–water partition coefficient (Wildman–Crippen LogP) is 0.739. The number of hydrogen-bond acceptors (Lipinski definition) is 5. The maximum Gasteiger partial charge on any atom is 0.322 e. The molecule has 7 nitrogen and oxygen atoms in total. The number of carboxylic acids is 1. The Morgan fingerprint density at radius 1 is 1.35 bits per heavy atom. The molecule has 1 amide bonds. The lowest BCUT2D eigenvalue weighted by atomic mass is 10.2. The first kappa shape index (κ1) is 17.1. The van der Waals surface area contributed by atoms with Crippen molar-refractivity contribution in [3.8, 4) is 11.5 Å². The van der Waals surface area contributed by atoms with Crippen LogP contribution in [-0.4, -0.2) is 60.8 Å². The van der Waals surface area contributed by atoms with E-state index in [1.807, 2.05) is 36.1 Å². The molecule has 7 heteroatoms. The quantitative estimate of drug-likeness (QED) is 0.734. The Kier molecular flexibility index (Phi) is 6.22. The largest absolute Gasteiger partial charge is 0.486 e. The Morgan fingerprint density at radius 3 is 2.78 bits per heavy atom. The molecule has 0 bridgehead atoms. The number of hydrogen-bond donors (Lipinski definition) is 2. The summed E-state index contributed by atoms with van der Waals surface area (Å²) in [6.07, 6.45) is 0.722. The molecule has 0 saturated carbocycles. The minimum absolute atomic E-state index is 0.141. The van der Waals surface area contributed by atoms with Crippen molar-refractivity contribution in [3.05, 3.63) is 24.3 Å². The van der Waals surface area contributed by atoms with E-state index in [2.05, 4.69) is 5.32 Å². The van der Waals surface area contributed by atoms with Gasteiger partial charge < -0.3 is 19.9 Å².